The average Bonchev–Trinajstić information content (AvgIpc) is 3.49. The molecule has 2 bridgehead atoms. The SMILES string of the molecule is CC(C)[Si](Oc1ccc([C@@H](O)[C@H](C)N2C3CCC2CC2(C3)OC2c2ccccc2)cc1)(C(C)C)C(C)C. The number of benzene rings is 2. The highest BCUT2D eigenvalue weighted by Crippen LogP contribution is 2.61. The molecule has 3 aliphatic rings. The number of hydrogen-bond donors (Lipinski definition) is 1. The second-order valence-electron chi connectivity index (χ2n) is 12.9. The van der Waals surface area contributed by atoms with E-state index in [1.165, 1.54) is 18.4 Å². The summed E-state index contributed by atoms with van der Waals surface area (Å²) in [6.45, 7) is 16.1. The van der Waals surface area contributed by atoms with Crippen molar-refractivity contribution >= 4 is 8.32 Å². The van der Waals surface area contributed by atoms with E-state index in [4.69, 9.17) is 9.16 Å². The first-order valence-corrected chi connectivity index (χ1v) is 16.7. The van der Waals surface area contributed by atoms with Crippen LogP contribution in [0.5, 0.6) is 5.75 Å². The van der Waals surface area contributed by atoms with E-state index in [2.05, 4.69) is 108 Å². The van der Waals surface area contributed by atoms with Crippen LogP contribution < -0.4 is 4.43 Å². The van der Waals surface area contributed by atoms with Gasteiger partial charge < -0.3 is 14.3 Å². The van der Waals surface area contributed by atoms with Crippen LogP contribution in [0.25, 0.3) is 0 Å². The van der Waals surface area contributed by atoms with Crippen molar-refractivity contribution < 1.29 is 14.3 Å². The molecule has 0 radical (unpaired) electrons. The molecule has 3 unspecified atom stereocenters. The van der Waals surface area contributed by atoms with Gasteiger partial charge in [-0.1, -0.05) is 84.0 Å². The Balaban J connectivity index is 1.26. The molecule has 2 aromatic carbocycles. The minimum Gasteiger partial charge on any atom is -0.543 e. The maximum absolute atomic E-state index is 11.5. The number of piperidine rings is 1. The lowest BCUT2D eigenvalue weighted by Gasteiger charge is -2.43. The zero-order valence-corrected chi connectivity index (χ0v) is 24.9. The van der Waals surface area contributed by atoms with Gasteiger partial charge in [0.25, 0.3) is 8.32 Å². The van der Waals surface area contributed by atoms with Crippen LogP contribution >= 0.6 is 0 Å². The first-order chi connectivity index (χ1) is 17.6. The van der Waals surface area contributed by atoms with E-state index in [1.807, 2.05) is 0 Å². The molecule has 0 amide bonds. The lowest BCUT2D eigenvalue weighted by molar-refractivity contribution is -0.00988. The summed E-state index contributed by atoms with van der Waals surface area (Å²) < 4.78 is 13.2. The van der Waals surface area contributed by atoms with E-state index in [-0.39, 0.29) is 17.7 Å². The zero-order valence-electron chi connectivity index (χ0n) is 23.9. The molecule has 37 heavy (non-hydrogen) atoms. The number of fused-ring (bicyclic) bond motifs is 2. The van der Waals surface area contributed by atoms with Gasteiger partial charge >= 0.3 is 0 Å². The summed E-state index contributed by atoms with van der Waals surface area (Å²) in [5.41, 5.74) is 3.90. The summed E-state index contributed by atoms with van der Waals surface area (Å²) in [6, 6.07) is 20.1. The van der Waals surface area contributed by atoms with Crippen molar-refractivity contribution in [2.24, 2.45) is 0 Å². The Morgan fingerprint density at radius 3 is 1.89 bits per heavy atom. The summed E-state index contributed by atoms with van der Waals surface area (Å²) in [6.07, 6.45) is 4.27. The maximum Gasteiger partial charge on any atom is 0.258 e. The number of aliphatic hydroxyl groups excluding tert-OH is 1. The third-order valence-corrected chi connectivity index (χ3v) is 15.9. The highest BCUT2D eigenvalue weighted by molar-refractivity contribution is 6.78. The van der Waals surface area contributed by atoms with Crippen molar-refractivity contribution in [1.29, 1.82) is 0 Å². The highest BCUT2D eigenvalue weighted by atomic mass is 28.4. The summed E-state index contributed by atoms with van der Waals surface area (Å²) in [4.78, 5) is 2.61. The molecule has 0 saturated carbocycles. The topological polar surface area (TPSA) is 45.2 Å². The van der Waals surface area contributed by atoms with Crippen molar-refractivity contribution in [2.45, 2.75) is 127 Å². The van der Waals surface area contributed by atoms with Crippen LogP contribution in [0.4, 0.5) is 0 Å². The van der Waals surface area contributed by atoms with Gasteiger partial charge in [0.05, 0.1) is 6.10 Å². The fourth-order valence-electron chi connectivity index (χ4n) is 8.18. The van der Waals surface area contributed by atoms with Gasteiger partial charge in [0.2, 0.25) is 0 Å². The Hall–Kier alpha value is -1.66. The van der Waals surface area contributed by atoms with E-state index < -0.39 is 14.4 Å². The monoisotopic (exact) mass is 521 g/mol. The first-order valence-electron chi connectivity index (χ1n) is 14.6. The molecule has 0 aliphatic carbocycles. The molecule has 3 saturated heterocycles. The average molecular weight is 522 g/mol. The molecule has 5 rings (SSSR count). The van der Waals surface area contributed by atoms with Crippen molar-refractivity contribution in [2.75, 3.05) is 0 Å². The number of nitrogens with zero attached hydrogens (tertiary/aromatic N) is 1. The van der Waals surface area contributed by atoms with Gasteiger partial charge in [-0.05, 0) is 72.5 Å². The van der Waals surface area contributed by atoms with E-state index >= 15 is 0 Å². The molecule has 202 valence electrons. The van der Waals surface area contributed by atoms with Crippen LogP contribution in [0.15, 0.2) is 54.6 Å². The van der Waals surface area contributed by atoms with Crippen LogP contribution in [0.1, 0.15) is 97.5 Å². The Morgan fingerprint density at radius 1 is 0.838 bits per heavy atom. The van der Waals surface area contributed by atoms with Gasteiger partial charge in [-0.3, -0.25) is 4.90 Å². The number of epoxide rings is 1. The molecule has 5 heteroatoms. The molecule has 1 spiro atoms. The first kappa shape index (κ1) is 26.9. The predicted octanol–water partition coefficient (Wildman–Crippen LogP) is 7.80. The molecule has 3 fully saturated rings. The molecule has 5 atom stereocenters. The third-order valence-electron chi connectivity index (χ3n) is 9.86. The van der Waals surface area contributed by atoms with Gasteiger partial charge in [0.1, 0.15) is 17.5 Å². The Morgan fingerprint density at radius 2 is 1.38 bits per heavy atom. The number of hydrogen-bond acceptors (Lipinski definition) is 4. The van der Waals surface area contributed by atoms with Crippen LogP contribution in [-0.4, -0.2) is 42.1 Å². The van der Waals surface area contributed by atoms with E-state index in [9.17, 15) is 5.11 Å². The van der Waals surface area contributed by atoms with Crippen molar-refractivity contribution in [1.82, 2.24) is 4.90 Å². The number of aliphatic hydroxyl groups is 1. The summed E-state index contributed by atoms with van der Waals surface area (Å²) in [7, 11) is -1.99. The smallest absolute Gasteiger partial charge is 0.258 e. The molecule has 4 nitrogen and oxygen atoms in total. The van der Waals surface area contributed by atoms with Crippen molar-refractivity contribution in [3.05, 3.63) is 65.7 Å². The standard InChI is InChI=1S/C32H47NO3Si/c1-21(2)37(22(3)4,23(5)6)36-29-17-13-25(14-18-29)30(34)24(7)33-27-15-16-28(33)20-32(19-27)31(35-32)26-11-9-8-10-12-26/h8-14,17-18,21-24,27-28,30-31,34H,15-16,19-20H2,1-7H3/t24-,27?,28?,30-,31?,32?/m0/s1. The highest BCUT2D eigenvalue weighted by Gasteiger charge is 2.64. The second kappa shape index (κ2) is 10.1. The fraction of sp³-hybridized carbons (Fsp3) is 0.625. The number of rotatable bonds is 9. The Bertz CT molecular complexity index is 1020. The van der Waals surface area contributed by atoms with Gasteiger partial charge in [-0.15, -0.1) is 0 Å². The minimum atomic E-state index is -1.99. The molecule has 3 aliphatic heterocycles. The lowest BCUT2D eigenvalue weighted by Crippen LogP contribution is -2.52. The van der Waals surface area contributed by atoms with Crippen molar-refractivity contribution in [3.8, 4) is 5.75 Å². The summed E-state index contributed by atoms with van der Waals surface area (Å²) in [5, 5.41) is 11.5. The van der Waals surface area contributed by atoms with Gasteiger partial charge in [0, 0.05) is 18.1 Å². The second-order valence-corrected chi connectivity index (χ2v) is 18.3. The largest absolute Gasteiger partial charge is 0.543 e. The fourth-order valence-corrected chi connectivity index (χ4v) is 13.4. The molecule has 0 aromatic heterocycles. The molecule has 1 N–H and O–H groups in total. The predicted molar refractivity (Wildman–Crippen MR) is 153 cm³/mol. The van der Waals surface area contributed by atoms with Gasteiger partial charge in [-0.2, -0.15) is 0 Å². The third kappa shape index (κ3) is 4.71. The van der Waals surface area contributed by atoms with Crippen LogP contribution in [0, 0.1) is 0 Å². The quantitative estimate of drug-likeness (QED) is 0.270. The molecular formula is C32H47NO3Si. The van der Waals surface area contributed by atoms with Crippen LogP contribution in [0.2, 0.25) is 16.6 Å². The van der Waals surface area contributed by atoms with Crippen LogP contribution in [-0.2, 0) is 4.74 Å². The molecule has 2 aromatic rings. The zero-order chi connectivity index (χ0) is 26.5. The minimum absolute atomic E-state index is 0.00692. The lowest BCUT2D eigenvalue weighted by atomic mass is 9.84. The molecule has 3 heterocycles. The summed E-state index contributed by atoms with van der Waals surface area (Å²) >= 11 is 0. The van der Waals surface area contributed by atoms with Crippen LogP contribution in [0.3, 0.4) is 0 Å². The van der Waals surface area contributed by atoms with Gasteiger partial charge in [0.15, 0.2) is 0 Å². The molecular weight excluding hydrogens is 474 g/mol. The van der Waals surface area contributed by atoms with E-state index in [0.29, 0.717) is 28.7 Å². The van der Waals surface area contributed by atoms with Gasteiger partial charge in [-0.25, -0.2) is 0 Å². The normalized spacial score (nSPS) is 29.3. The van der Waals surface area contributed by atoms with E-state index in [0.717, 1.165) is 24.2 Å². The number of ether oxygens (including phenoxy) is 1. The Labute approximate surface area is 225 Å². The maximum atomic E-state index is 11.5. The Kier molecular flexibility index (Phi) is 7.38. The van der Waals surface area contributed by atoms with E-state index in [1.54, 1.807) is 0 Å². The van der Waals surface area contributed by atoms with Crippen molar-refractivity contribution in [3.63, 3.8) is 0 Å². The summed E-state index contributed by atoms with van der Waals surface area (Å²) in [5.74, 6) is 0.948.